The number of rotatable bonds is 5. The van der Waals surface area contributed by atoms with Gasteiger partial charge in [-0.05, 0) is 48.6 Å². The minimum atomic E-state index is -3.66. The largest absolute Gasteiger partial charge is 0.296 e. The van der Waals surface area contributed by atoms with Crippen LogP contribution in [0.2, 0.25) is 0 Å². The van der Waals surface area contributed by atoms with Gasteiger partial charge in [0.05, 0.1) is 15.5 Å². The third kappa shape index (κ3) is 5.16. The number of hydrogen-bond donors (Lipinski definition) is 0. The highest BCUT2D eigenvalue weighted by molar-refractivity contribution is 8.26. The monoisotopic (exact) mass is 552 g/mol. The van der Waals surface area contributed by atoms with Crippen LogP contribution in [0.4, 0.5) is 0 Å². The molecular weight excluding hydrogens is 525 g/mol. The number of hydrogen-bond acceptors (Lipinski definition) is 6. The van der Waals surface area contributed by atoms with Crippen molar-refractivity contribution in [1.82, 2.24) is 19.0 Å². The van der Waals surface area contributed by atoms with E-state index in [0.29, 0.717) is 51.0 Å². The molecule has 2 fully saturated rings. The number of carbonyl (C=O) groups excluding carboxylic acids is 1. The third-order valence-corrected chi connectivity index (χ3v) is 9.93. The molecular formula is C27H28N4O3S3. The molecule has 2 aromatic carbocycles. The zero-order valence-corrected chi connectivity index (χ0v) is 23.3. The van der Waals surface area contributed by atoms with E-state index in [4.69, 9.17) is 17.3 Å². The van der Waals surface area contributed by atoms with E-state index in [-0.39, 0.29) is 10.8 Å². The van der Waals surface area contributed by atoms with Crippen LogP contribution in [0.3, 0.4) is 0 Å². The van der Waals surface area contributed by atoms with Crippen molar-refractivity contribution in [2.45, 2.75) is 25.2 Å². The van der Waals surface area contributed by atoms with E-state index in [9.17, 15) is 13.2 Å². The maximum absolute atomic E-state index is 13.6. The summed E-state index contributed by atoms with van der Waals surface area (Å²) in [5.74, 6) is 0.456. The second-order valence-corrected chi connectivity index (χ2v) is 13.4. The Labute approximate surface area is 227 Å². The number of aromatic nitrogens is 2. The molecule has 192 valence electrons. The number of thiocarbonyl (C=S) groups is 1. The molecule has 0 N–H and O–H groups in total. The lowest BCUT2D eigenvalue weighted by molar-refractivity contribution is -0.121. The summed E-state index contributed by atoms with van der Waals surface area (Å²) in [4.78, 5) is 14.9. The molecule has 0 bridgehead atoms. The highest BCUT2D eigenvalue weighted by atomic mass is 32.2. The van der Waals surface area contributed by atoms with Crippen LogP contribution in [-0.2, 0) is 14.8 Å². The summed E-state index contributed by atoms with van der Waals surface area (Å²) in [5, 5.41) is 4.81. The van der Waals surface area contributed by atoms with Gasteiger partial charge >= 0.3 is 0 Å². The fourth-order valence-corrected chi connectivity index (χ4v) is 7.77. The molecule has 2 aliphatic heterocycles. The van der Waals surface area contributed by atoms with Crippen molar-refractivity contribution in [2.75, 3.05) is 20.1 Å². The van der Waals surface area contributed by atoms with Crippen LogP contribution in [0.5, 0.6) is 0 Å². The first-order valence-electron chi connectivity index (χ1n) is 12.1. The number of amides is 1. The lowest BCUT2D eigenvalue weighted by Gasteiger charge is -2.34. The number of benzene rings is 2. The topological polar surface area (TPSA) is 75.5 Å². The molecule has 37 heavy (non-hydrogen) atoms. The van der Waals surface area contributed by atoms with E-state index in [1.807, 2.05) is 42.6 Å². The van der Waals surface area contributed by atoms with Crippen molar-refractivity contribution in [3.05, 3.63) is 71.3 Å². The second kappa shape index (κ2) is 10.2. The highest BCUT2D eigenvalue weighted by Gasteiger charge is 2.32. The van der Waals surface area contributed by atoms with E-state index >= 15 is 0 Å². The van der Waals surface area contributed by atoms with Gasteiger partial charge in [0.1, 0.15) is 10.0 Å². The molecule has 1 aromatic heterocycles. The second-order valence-electron chi connectivity index (χ2n) is 9.75. The Hall–Kier alpha value is -2.79. The SMILES string of the molecule is CC1CC(C)CN(S(=O)(=O)c2cccc(-c3nn(-c4ccccc4)cc3C=C3SC(=S)N(C)C3=O)c2)C1. The zero-order valence-electron chi connectivity index (χ0n) is 20.9. The van der Waals surface area contributed by atoms with Gasteiger partial charge in [-0.2, -0.15) is 9.40 Å². The molecule has 7 nitrogen and oxygen atoms in total. The van der Waals surface area contributed by atoms with E-state index in [1.165, 1.54) is 16.7 Å². The predicted molar refractivity (Wildman–Crippen MR) is 152 cm³/mol. The summed E-state index contributed by atoms with van der Waals surface area (Å²) in [7, 11) is -2.00. The first-order valence-corrected chi connectivity index (χ1v) is 14.8. The molecule has 0 spiro atoms. The molecule has 2 saturated heterocycles. The number of sulfonamides is 1. The standard InChI is InChI=1S/C27H28N4O3S3/c1-18-12-19(2)16-30(15-18)37(33,34)23-11-7-8-20(13-23)25-21(14-24-26(32)29(3)27(35)36-24)17-31(28-25)22-9-5-4-6-10-22/h4-11,13-14,17-19H,12,15-16H2,1-3H3. The van der Waals surface area contributed by atoms with Crippen LogP contribution in [0, 0.1) is 11.8 Å². The van der Waals surface area contributed by atoms with Crippen LogP contribution < -0.4 is 0 Å². The van der Waals surface area contributed by atoms with Crippen LogP contribution in [0.15, 0.2) is 70.6 Å². The summed E-state index contributed by atoms with van der Waals surface area (Å²) < 4.78 is 31.0. The summed E-state index contributed by atoms with van der Waals surface area (Å²) in [5.41, 5.74) is 2.80. The van der Waals surface area contributed by atoms with Gasteiger partial charge in [0.25, 0.3) is 5.91 Å². The first-order chi connectivity index (χ1) is 17.6. The van der Waals surface area contributed by atoms with Crippen molar-refractivity contribution < 1.29 is 13.2 Å². The van der Waals surface area contributed by atoms with E-state index in [0.717, 1.165) is 12.1 Å². The molecule has 2 atom stereocenters. The predicted octanol–water partition coefficient (Wildman–Crippen LogP) is 5.04. The van der Waals surface area contributed by atoms with Crippen molar-refractivity contribution >= 4 is 50.3 Å². The van der Waals surface area contributed by atoms with Crippen molar-refractivity contribution in [1.29, 1.82) is 0 Å². The molecule has 10 heteroatoms. The Balaban J connectivity index is 1.59. The smallest absolute Gasteiger partial charge is 0.265 e. The molecule has 1 amide bonds. The van der Waals surface area contributed by atoms with Gasteiger partial charge in [0, 0.05) is 37.5 Å². The van der Waals surface area contributed by atoms with Crippen molar-refractivity contribution in [3.8, 4) is 16.9 Å². The molecule has 3 aromatic rings. The highest BCUT2D eigenvalue weighted by Crippen LogP contribution is 2.35. The summed E-state index contributed by atoms with van der Waals surface area (Å²) in [6.07, 6.45) is 4.65. The number of para-hydroxylation sites is 1. The number of piperidine rings is 1. The van der Waals surface area contributed by atoms with Gasteiger partial charge in [-0.25, -0.2) is 13.1 Å². The molecule has 3 heterocycles. The Bertz CT molecular complexity index is 1490. The zero-order chi connectivity index (χ0) is 26.3. The lowest BCUT2D eigenvalue weighted by atomic mass is 9.94. The number of carbonyl (C=O) groups is 1. The van der Waals surface area contributed by atoms with Gasteiger partial charge in [-0.3, -0.25) is 9.69 Å². The van der Waals surface area contributed by atoms with Crippen LogP contribution in [-0.4, -0.2) is 57.8 Å². The fraction of sp³-hybridized carbons (Fsp3) is 0.296. The van der Waals surface area contributed by atoms with Gasteiger partial charge in [-0.1, -0.05) is 68.2 Å². The van der Waals surface area contributed by atoms with Crippen LogP contribution in [0.25, 0.3) is 23.0 Å². The quantitative estimate of drug-likeness (QED) is 0.326. The van der Waals surface area contributed by atoms with Crippen molar-refractivity contribution in [2.24, 2.45) is 11.8 Å². The normalized spacial score (nSPS) is 22.2. The first kappa shape index (κ1) is 25.8. The minimum Gasteiger partial charge on any atom is -0.296 e. The Morgan fingerprint density at radius 3 is 2.41 bits per heavy atom. The number of thioether (sulfide) groups is 1. The summed E-state index contributed by atoms with van der Waals surface area (Å²) in [6.45, 7) is 5.22. The van der Waals surface area contributed by atoms with Gasteiger partial charge in [0.15, 0.2) is 0 Å². The van der Waals surface area contributed by atoms with Crippen LogP contribution in [0.1, 0.15) is 25.8 Å². The summed E-state index contributed by atoms with van der Waals surface area (Å²) in [6, 6.07) is 16.6. The molecule has 2 unspecified atom stereocenters. The third-order valence-electron chi connectivity index (χ3n) is 6.62. The Morgan fingerprint density at radius 1 is 1.05 bits per heavy atom. The van der Waals surface area contributed by atoms with E-state index in [2.05, 4.69) is 13.8 Å². The molecule has 2 aliphatic rings. The van der Waals surface area contributed by atoms with Crippen LogP contribution >= 0.6 is 24.0 Å². The maximum Gasteiger partial charge on any atom is 0.265 e. The molecule has 5 rings (SSSR count). The number of nitrogens with zero attached hydrogens (tertiary/aromatic N) is 4. The van der Waals surface area contributed by atoms with E-state index in [1.54, 1.807) is 40.3 Å². The minimum absolute atomic E-state index is 0.168. The average Bonchev–Trinajstić information content (AvgIpc) is 3.41. The van der Waals surface area contributed by atoms with Crippen molar-refractivity contribution in [3.63, 3.8) is 0 Å². The Kier molecular flexibility index (Phi) is 7.10. The van der Waals surface area contributed by atoms with Gasteiger partial charge < -0.3 is 0 Å². The lowest BCUT2D eigenvalue weighted by Crippen LogP contribution is -2.42. The number of likely N-dealkylation sites (N-methyl/N-ethyl adjacent to an activating group) is 1. The molecule has 0 saturated carbocycles. The molecule has 0 aliphatic carbocycles. The van der Waals surface area contributed by atoms with E-state index < -0.39 is 10.0 Å². The Morgan fingerprint density at radius 2 is 1.76 bits per heavy atom. The van der Waals surface area contributed by atoms with Gasteiger partial charge in [0.2, 0.25) is 10.0 Å². The average molecular weight is 553 g/mol. The molecule has 0 radical (unpaired) electrons. The van der Waals surface area contributed by atoms with Gasteiger partial charge in [-0.15, -0.1) is 0 Å². The summed E-state index contributed by atoms with van der Waals surface area (Å²) >= 11 is 6.53. The fourth-order valence-electron chi connectivity index (χ4n) is 4.87. The maximum atomic E-state index is 13.6.